The van der Waals surface area contributed by atoms with Crippen molar-refractivity contribution in [2.24, 2.45) is 39.4 Å². The Hall–Kier alpha value is -0.990. The quantitative estimate of drug-likeness (QED) is 0.602. The molecule has 0 aromatic heterocycles. The highest BCUT2D eigenvalue weighted by Crippen LogP contribution is 2.81. The van der Waals surface area contributed by atoms with Gasteiger partial charge in [-0.25, -0.2) is 0 Å². The van der Waals surface area contributed by atoms with Crippen LogP contribution in [0.1, 0.15) is 80.6 Å². The van der Waals surface area contributed by atoms with E-state index in [-0.39, 0.29) is 41.3 Å². The van der Waals surface area contributed by atoms with Crippen molar-refractivity contribution in [1.82, 2.24) is 0 Å². The van der Waals surface area contributed by atoms with Gasteiger partial charge in [0.15, 0.2) is 17.9 Å². The first kappa shape index (κ1) is 24.1. The molecule has 36 heavy (non-hydrogen) atoms. The second-order valence-electron chi connectivity index (χ2n) is 14.3. The number of rotatable bonds is 2. The van der Waals surface area contributed by atoms with Crippen molar-refractivity contribution in [2.75, 3.05) is 13.2 Å². The van der Waals surface area contributed by atoms with Crippen LogP contribution in [0.25, 0.3) is 0 Å². The normalized spacial score (nSPS) is 52.8. The van der Waals surface area contributed by atoms with E-state index in [0.717, 1.165) is 37.9 Å². The molecule has 4 heterocycles. The zero-order chi connectivity index (χ0) is 25.7. The second-order valence-corrected chi connectivity index (χ2v) is 14.3. The Kier molecular flexibility index (Phi) is 4.53. The Morgan fingerprint density at radius 1 is 1.08 bits per heavy atom. The maximum absolute atomic E-state index is 14.7. The second kappa shape index (κ2) is 6.77. The van der Waals surface area contributed by atoms with Gasteiger partial charge in [-0.3, -0.25) is 4.79 Å². The van der Waals surface area contributed by atoms with Gasteiger partial charge in [-0.05, 0) is 69.3 Å². The topological polar surface area (TPSA) is 83.5 Å². The standard InChI is InChI=1S/C29H42O7/c1-8-32-18-12-9-15-13-24(2,3)19-20(30)29-28-17(27(19,14-33-29)21(15)34-18)11-10-16(25(4,5)23(28)31)22(28)35-26(6,7)36-29/h16-20,22,30H,8-14H2,1-7H3/t16-,17+,18-,19-,20+,22?,27+,28-,29+/m1/s1. The average Bonchev–Trinajstić information content (AvgIpc) is 2.87. The molecule has 1 N–H and O–H groups in total. The summed E-state index contributed by atoms with van der Waals surface area (Å²) in [6, 6.07) is 0. The summed E-state index contributed by atoms with van der Waals surface area (Å²) in [6.07, 6.45) is 2.70. The highest BCUT2D eigenvalue weighted by atomic mass is 16.8. The summed E-state index contributed by atoms with van der Waals surface area (Å²) in [5.74, 6) is -1.55. The van der Waals surface area contributed by atoms with Gasteiger partial charge in [-0.1, -0.05) is 27.7 Å². The predicted octanol–water partition coefficient (Wildman–Crippen LogP) is 4.32. The van der Waals surface area contributed by atoms with Crippen LogP contribution in [0.15, 0.2) is 11.3 Å². The number of carbonyl (C=O) groups is 1. The maximum Gasteiger partial charge on any atom is 0.213 e. The van der Waals surface area contributed by atoms with Crippen LogP contribution in [0.5, 0.6) is 0 Å². The molecule has 4 bridgehead atoms. The van der Waals surface area contributed by atoms with E-state index >= 15 is 0 Å². The van der Waals surface area contributed by atoms with Crippen LogP contribution in [0, 0.1) is 39.4 Å². The zero-order valence-electron chi connectivity index (χ0n) is 22.8. The lowest BCUT2D eigenvalue weighted by atomic mass is 9.36. The highest BCUT2D eigenvalue weighted by Gasteiger charge is 2.91. The van der Waals surface area contributed by atoms with Crippen LogP contribution in [0.3, 0.4) is 0 Å². The molecule has 0 aromatic carbocycles. The summed E-state index contributed by atoms with van der Waals surface area (Å²) in [6.45, 7) is 15.4. The van der Waals surface area contributed by atoms with Crippen molar-refractivity contribution >= 4 is 5.78 Å². The molecule has 4 aliphatic carbocycles. The molecule has 4 aliphatic heterocycles. The van der Waals surface area contributed by atoms with E-state index in [9.17, 15) is 9.90 Å². The minimum absolute atomic E-state index is 0.0554. The first-order valence-corrected chi connectivity index (χ1v) is 14.1. The molecule has 7 nitrogen and oxygen atoms in total. The van der Waals surface area contributed by atoms with Gasteiger partial charge in [0.2, 0.25) is 5.79 Å². The molecule has 3 saturated heterocycles. The minimum atomic E-state index is -1.43. The van der Waals surface area contributed by atoms with Crippen molar-refractivity contribution < 1.29 is 33.6 Å². The zero-order valence-corrected chi connectivity index (χ0v) is 22.8. The smallest absolute Gasteiger partial charge is 0.213 e. The number of aliphatic hydroxyl groups is 1. The lowest BCUT2D eigenvalue weighted by Gasteiger charge is -2.77. The lowest BCUT2D eigenvalue weighted by molar-refractivity contribution is -0.527. The molecule has 7 heteroatoms. The Balaban J connectivity index is 1.51. The molecule has 0 amide bonds. The molecule has 8 rings (SSSR count). The van der Waals surface area contributed by atoms with E-state index in [1.165, 1.54) is 5.57 Å². The Morgan fingerprint density at radius 3 is 2.56 bits per heavy atom. The fourth-order valence-corrected chi connectivity index (χ4v) is 10.6. The van der Waals surface area contributed by atoms with Crippen molar-refractivity contribution in [1.29, 1.82) is 0 Å². The summed E-state index contributed by atoms with van der Waals surface area (Å²) < 4.78 is 32.9. The molecule has 3 saturated carbocycles. The van der Waals surface area contributed by atoms with Gasteiger partial charge in [0.25, 0.3) is 0 Å². The molecular formula is C29H42O7. The maximum atomic E-state index is 14.7. The number of allylic oxidation sites excluding steroid dienone is 1. The molecule has 3 spiro atoms. The summed E-state index contributed by atoms with van der Waals surface area (Å²) in [5, 5.41) is 12.5. The number of aliphatic hydroxyl groups excluding tert-OH is 1. The molecule has 1 unspecified atom stereocenters. The van der Waals surface area contributed by atoms with Crippen molar-refractivity contribution in [3.63, 3.8) is 0 Å². The molecule has 6 fully saturated rings. The van der Waals surface area contributed by atoms with Crippen molar-refractivity contribution in [3.05, 3.63) is 11.3 Å². The van der Waals surface area contributed by atoms with Crippen LogP contribution in [0.4, 0.5) is 0 Å². The van der Waals surface area contributed by atoms with Gasteiger partial charge in [0.1, 0.15) is 17.3 Å². The number of ether oxygens (including phenoxy) is 5. The first-order chi connectivity index (χ1) is 16.8. The van der Waals surface area contributed by atoms with E-state index in [4.69, 9.17) is 23.7 Å². The van der Waals surface area contributed by atoms with E-state index < -0.39 is 33.9 Å². The molecule has 0 aromatic rings. The van der Waals surface area contributed by atoms with Crippen molar-refractivity contribution in [3.8, 4) is 0 Å². The van der Waals surface area contributed by atoms with Crippen LogP contribution in [-0.2, 0) is 28.5 Å². The number of carbonyl (C=O) groups excluding carboxylic acids is 1. The van der Waals surface area contributed by atoms with Gasteiger partial charge in [0, 0.05) is 24.4 Å². The summed E-state index contributed by atoms with van der Waals surface area (Å²) >= 11 is 0. The number of ketones is 1. The molecule has 8 aliphatic rings. The number of hydrogen-bond donors (Lipinski definition) is 1. The first-order valence-electron chi connectivity index (χ1n) is 14.1. The van der Waals surface area contributed by atoms with E-state index in [0.29, 0.717) is 13.2 Å². The predicted molar refractivity (Wildman–Crippen MR) is 129 cm³/mol. The van der Waals surface area contributed by atoms with E-state index in [2.05, 4.69) is 27.7 Å². The summed E-state index contributed by atoms with van der Waals surface area (Å²) in [4.78, 5) is 14.7. The van der Waals surface area contributed by atoms with Crippen LogP contribution in [-0.4, -0.2) is 54.2 Å². The van der Waals surface area contributed by atoms with Gasteiger partial charge in [0.05, 0.1) is 18.1 Å². The third kappa shape index (κ3) is 2.35. The van der Waals surface area contributed by atoms with E-state index in [1.807, 2.05) is 20.8 Å². The highest BCUT2D eigenvalue weighted by molar-refractivity contribution is 5.96. The fraction of sp³-hybridized carbons (Fsp3) is 0.897. The monoisotopic (exact) mass is 502 g/mol. The van der Waals surface area contributed by atoms with E-state index in [1.54, 1.807) is 0 Å². The van der Waals surface area contributed by atoms with Crippen LogP contribution >= 0.6 is 0 Å². The fourth-order valence-electron chi connectivity index (χ4n) is 10.6. The molecule has 9 atom stereocenters. The van der Waals surface area contributed by atoms with Gasteiger partial charge >= 0.3 is 0 Å². The van der Waals surface area contributed by atoms with Crippen LogP contribution in [0.2, 0.25) is 0 Å². The molecule has 200 valence electrons. The third-order valence-corrected chi connectivity index (χ3v) is 11.3. The lowest BCUT2D eigenvalue weighted by Crippen LogP contribution is -2.87. The average molecular weight is 503 g/mol. The largest absolute Gasteiger partial charge is 0.469 e. The van der Waals surface area contributed by atoms with Crippen molar-refractivity contribution in [2.45, 2.75) is 111 Å². The minimum Gasteiger partial charge on any atom is -0.469 e. The van der Waals surface area contributed by atoms with Crippen LogP contribution < -0.4 is 0 Å². The Bertz CT molecular complexity index is 1060. The van der Waals surface area contributed by atoms with Gasteiger partial charge < -0.3 is 28.8 Å². The van der Waals surface area contributed by atoms with Gasteiger partial charge in [-0.2, -0.15) is 0 Å². The third-order valence-electron chi connectivity index (χ3n) is 11.3. The molecular weight excluding hydrogens is 460 g/mol. The molecule has 0 radical (unpaired) electrons. The summed E-state index contributed by atoms with van der Waals surface area (Å²) in [7, 11) is 0. The Morgan fingerprint density at radius 2 is 1.83 bits per heavy atom. The number of Topliss-reactive ketones (excluding diaryl/α,β-unsaturated/α-hetero) is 1. The SMILES string of the molecule is CCO[C@H]1CCC2=C(O1)[C@@]13CO[C@]4(OC(C)(C)OC5[C@H]6CC[C@@H]1[C@]54C(=O)C6(C)C)[C@@H](O)[C@@H]3C(C)(C)C2. The van der Waals surface area contributed by atoms with Gasteiger partial charge in [-0.15, -0.1) is 0 Å². The number of hydrogen-bond acceptors (Lipinski definition) is 7. The Labute approximate surface area is 214 Å². The number of fused-ring (bicyclic) bond motifs is 1. The summed E-state index contributed by atoms with van der Waals surface area (Å²) in [5.41, 5.74) is -1.20.